The van der Waals surface area contributed by atoms with Gasteiger partial charge in [0.1, 0.15) is 0 Å². The van der Waals surface area contributed by atoms with Gasteiger partial charge in [-0.05, 0) is 50.2 Å². The molecule has 1 aliphatic carbocycles. The molecule has 0 saturated heterocycles. The number of hydrogen-bond acceptors (Lipinski definition) is 3. The summed E-state index contributed by atoms with van der Waals surface area (Å²) in [5.41, 5.74) is 2.78. The Kier molecular flexibility index (Phi) is 4.65. The van der Waals surface area contributed by atoms with E-state index in [1.54, 1.807) is 4.68 Å². The zero-order valence-electron chi connectivity index (χ0n) is 14.5. The number of aryl methyl sites for hydroxylation is 1. The number of aromatic nitrogens is 4. The van der Waals surface area contributed by atoms with Crippen LogP contribution in [0.4, 0.5) is 8.78 Å². The SMILES string of the molecule is Cc1cc(CC2CCC(F)(F)CC2)nc(-n2ccc(C(C)C)n2)n1. The van der Waals surface area contributed by atoms with Crippen LogP contribution in [0.3, 0.4) is 0 Å². The van der Waals surface area contributed by atoms with Crippen LogP contribution in [0.25, 0.3) is 5.95 Å². The molecule has 0 aromatic carbocycles. The second-order valence-electron chi connectivity index (χ2n) is 7.14. The summed E-state index contributed by atoms with van der Waals surface area (Å²) in [6.45, 7) is 6.11. The van der Waals surface area contributed by atoms with Gasteiger partial charge in [0.25, 0.3) is 5.95 Å². The molecule has 1 aliphatic rings. The fraction of sp³-hybridized carbons (Fsp3) is 0.611. The van der Waals surface area contributed by atoms with Crippen LogP contribution in [0.2, 0.25) is 0 Å². The lowest BCUT2D eigenvalue weighted by molar-refractivity contribution is -0.0457. The third-order valence-electron chi connectivity index (χ3n) is 4.64. The minimum absolute atomic E-state index is 0.00844. The third kappa shape index (κ3) is 3.97. The molecule has 0 radical (unpaired) electrons. The van der Waals surface area contributed by atoms with Crippen LogP contribution in [0.1, 0.15) is 62.5 Å². The van der Waals surface area contributed by atoms with E-state index in [1.165, 1.54) is 0 Å². The van der Waals surface area contributed by atoms with E-state index in [1.807, 2.05) is 25.3 Å². The molecule has 0 amide bonds. The highest BCUT2D eigenvalue weighted by molar-refractivity contribution is 5.20. The second-order valence-corrected chi connectivity index (χ2v) is 7.14. The van der Waals surface area contributed by atoms with Gasteiger partial charge in [-0.2, -0.15) is 5.10 Å². The van der Waals surface area contributed by atoms with Crippen molar-refractivity contribution in [1.82, 2.24) is 19.7 Å². The van der Waals surface area contributed by atoms with Crippen LogP contribution in [-0.2, 0) is 6.42 Å². The van der Waals surface area contributed by atoms with Crippen LogP contribution in [0.5, 0.6) is 0 Å². The van der Waals surface area contributed by atoms with Gasteiger partial charge in [0.15, 0.2) is 0 Å². The Labute approximate surface area is 141 Å². The van der Waals surface area contributed by atoms with E-state index in [9.17, 15) is 8.78 Å². The lowest BCUT2D eigenvalue weighted by Gasteiger charge is -2.28. The van der Waals surface area contributed by atoms with Gasteiger partial charge in [0.2, 0.25) is 5.92 Å². The highest BCUT2D eigenvalue weighted by Crippen LogP contribution is 2.37. The first-order valence-corrected chi connectivity index (χ1v) is 8.61. The fourth-order valence-electron chi connectivity index (χ4n) is 3.18. The van der Waals surface area contributed by atoms with Crippen molar-refractivity contribution in [3.63, 3.8) is 0 Å². The average Bonchev–Trinajstić information content (AvgIpc) is 2.99. The molecule has 1 saturated carbocycles. The minimum atomic E-state index is -2.48. The molecule has 0 bridgehead atoms. The average molecular weight is 334 g/mol. The summed E-state index contributed by atoms with van der Waals surface area (Å²) < 4.78 is 28.3. The Morgan fingerprint density at radius 2 is 1.96 bits per heavy atom. The molecule has 3 rings (SSSR count). The van der Waals surface area contributed by atoms with Crippen molar-refractivity contribution in [3.8, 4) is 5.95 Å². The summed E-state index contributed by atoms with van der Waals surface area (Å²) in [6, 6.07) is 3.92. The van der Waals surface area contributed by atoms with Crippen molar-refractivity contribution in [1.29, 1.82) is 0 Å². The van der Waals surface area contributed by atoms with E-state index >= 15 is 0 Å². The molecule has 2 aromatic heterocycles. The first-order valence-electron chi connectivity index (χ1n) is 8.61. The van der Waals surface area contributed by atoms with E-state index in [0.717, 1.165) is 23.5 Å². The molecule has 0 aliphatic heterocycles. The highest BCUT2D eigenvalue weighted by atomic mass is 19.3. The molecular weight excluding hydrogens is 310 g/mol. The minimum Gasteiger partial charge on any atom is -0.216 e. The molecule has 0 atom stereocenters. The maximum atomic E-state index is 13.3. The van der Waals surface area contributed by atoms with Crippen LogP contribution < -0.4 is 0 Å². The summed E-state index contributed by atoms with van der Waals surface area (Å²) in [5, 5.41) is 4.52. The summed E-state index contributed by atoms with van der Waals surface area (Å²) in [5.74, 6) is -1.31. The second kappa shape index (κ2) is 6.57. The van der Waals surface area contributed by atoms with Gasteiger partial charge in [-0.15, -0.1) is 0 Å². The number of alkyl halides is 2. The van der Waals surface area contributed by atoms with Gasteiger partial charge in [0.05, 0.1) is 5.69 Å². The van der Waals surface area contributed by atoms with Crippen LogP contribution in [-0.4, -0.2) is 25.7 Å². The molecular formula is C18H24F2N4. The molecule has 130 valence electrons. The van der Waals surface area contributed by atoms with E-state index in [4.69, 9.17) is 0 Å². The van der Waals surface area contributed by atoms with E-state index in [2.05, 4.69) is 28.9 Å². The molecule has 0 spiro atoms. The molecule has 4 nitrogen and oxygen atoms in total. The topological polar surface area (TPSA) is 43.6 Å². The van der Waals surface area contributed by atoms with Gasteiger partial charge in [0, 0.05) is 30.4 Å². The lowest BCUT2D eigenvalue weighted by Crippen LogP contribution is -2.25. The summed E-state index contributed by atoms with van der Waals surface area (Å²) in [7, 11) is 0. The predicted octanol–water partition coefficient (Wildman–Crippen LogP) is 4.46. The Hall–Kier alpha value is -1.85. The van der Waals surface area contributed by atoms with Gasteiger partial charge >= 0.3 is 0 Å². The summed E-state index contributed by atoms with van der Waals surface area (Å²) in [4.78, 5) is 9.07. The molecule has 2 aromatic rings. The number of nitrogens with zero attached hydrogens (tertiary/aromatic N) is 4. The largest absolute Gasteiger partial charge is 0.250 e. The normalized spacial score (nSPS) is 18.2. The van der Waals surface area contributed by atoms with Gasteiger partial charge in [-0.1, -0.05) is 13.8 Å². The molecule has 24 heavy (non-hydrogen) atoms. The monoisotopic (exact) mass is 334 g/mol. The first kappa shape index (κ1) is 17.0. The van der Waals surface area contributed by atoms with E-state index in [-0.39, 0.29) is 18.8 Å². The highest BCUT2D eigenvalue weighted by Gasteiger charge is 2.34. The van der Waals surface area contributed by atoms with Crippen molar-refractivity contribution in [3.05, 3.63) is 35.4 Å². The number of rotatable bonds is 4. The quantitative estimate of drug-likeness (QED) is 0.829. The zero-order valence-corrected chi connectivity index (χ0v) is 14.5. The van der Waals surface area contributed by atoms with Gasteiger partial charge in [-0.3, -0.25) is 0 Å². The Morgan fingerprint density at radius 3 is 2.58 bits per heavy atom. The van der Waals surface area contributed by atoms with Crippen LogP contribution in [0.15, 0.2) is 18.3 Å². The maximum Gasteiger partial charge on any atom is 0.250 e. The van der Waals surface area contributed by atoms with E-state index in [0.29, 0.717) is 24.7 Å². The van der Waals surface area contributed by atoms with Gasteiger partial charge in [-0.25, -0.2) is 23.4 Å². The van der Waals surface area contributed by atoms with Crippen molar-refractivity contribution in [2.45, 2.75) is 64.7 Å². The van der Waals surface area contributed by atoms with E-state index < -0.39 is 5.92 Å². The maximum absolute atomic E-state index is 13.3. The van der Waals surface area contributed by atoms with Crippen molar-refractivity contribution < 1.29 is 8.78 Å². The smallest absolute Gasteiger partial charge is 0.216 e. The van der Waals surface area contributed by atoms with Gasteiger partial charge < -0.3 is 0 Å². The predicted molar refractivity (Wildman–Crippen MR) is 88.6 cm³/mol. The van der Waals surface area contributed by atoms with Crippen LogP contribution >= 0.6 is 0 Å². The Bertz CT molecular complexity index is 699. The molecule has 0 unspecified atom stereocenters. The molecule has 6 heteroatoms. The first-order chi connectivity index (χ1) is 11.3. The van der Waals surface area contributed by atoms with Crippen molar-refractivity contribution >= 4 is 0 Å². The number of halogens is 2. The standard InChI is InChI=1S/C18H24F2N4/c1-12(2)16-6-9-24(23-16)17-21-13(3)10-15(22-17)11-14-4-7-18(19,20)8-5-14/h6,9-10,12,14H,4-5,7-8,11H2,1-3H3. The Morgan fingerprint density at radius 1 is 1.25 bits per heavy atom. The Balaban J connectivity index is 1.76. The summed E-state index contributed by atoms with van der Waals surface area (Å²) in [6.07, 6.45) is 3.70. The molecule has 0 N–H and O–H groups in total. The lowest BCUT2D eigenvalue weighted by atomic mass is 9.84. The third-order valence-corrected chi connectivity index (χ3v) is 4.64. The molecule has 2 heterocycles. The van der Waals surface area contributed by atoms with Crippen LogP contribution in [0, 0.1) is 12.8 Å². The van der Waals surface area contributed by atoms with Crippen molar-refractivity contribution in [2.75, 3.05) is 0 Å². The summed E-state index contributed by atoms with van der Waals surface area (Å²) >= 11 is 0. The van der Waals surface area contributed by atoms with Crippen molar-refractivity contribution in [2.24, 2.45) is 5.92 Å². The number of hydrogen-bond donors (Lipinski definition) is 0. The molecule has 1 fully saturated rings. The zero-order chi connectivity index (χ0) is 17.3. The fourth-order valence-corrected chi connectivity index (χ4v) is 3.18.